The predicted octanol–water partition coefficient (Wildman–Crippen LogP) is 3.42. The molecule has 0 unspecified atom stereocenters. The number of H-pyrrole nitrogens is 1. The van der Waals surface area contributed by atoms with E-state index < -0.39 is 0 Å². The first-order valence-corrected chi connectivity index (χ1v) is 6.92. The maximum Gasteiger partial charge on any atom is 0.268 e. The van der Waals surface area contributed by atoms with Crippen molar-refractivity contribution in [2.45, 2.75) is 19.9 Å². The van der Waals surface area contributed by atoms with Crippen molar-refractivity contribution < 1.29 is 9.59 Å². The monoisotopic (exact) mass is 296 g/mol. The second-order valence-corrected chi connectivity index (χ2v) is 5.94. The minimum atomic E-state index is -0.246. The van der Waals surface area contributed by atoms with Gasteiger partial charge in [-0.1, -0.05) is 11.6 Å². The lowest BCUT2D eigenvalue weighted by atomic mass is 10.2. The van der Waals surface area contributed by atoms with Gasteiger partial charge in [-0.25, -0.2) is 0 Å². The number of halogens is 1. The predicted molar refractivity (Wildman–Crippen MR) is 76.0 cm³/mol. The summed E-state index contributed by atoms with van der Waals surface area (Å²) in [7, 11) is 0. The Morgan fingerprint density at radius 1 is 1.42 bits per heavy atom. The molecule has 19 heavy (non-hydrogen) atoms. The van der Waals surface area contributed by atoms with Gasteiger partial charge in [0.2, 0.25) is 0 Å². The lowest BCUT2D eigenvalue weighted by Crippen LogP contribution is -2.26. The lowest BCUT2D eigenvalue weighted by Gasteiger charge is -2.11. The molecule has 2 heterocycles. The van der Waals surface area contributed by atoms with Crippen LogP contribution in [0.2, 0.25) is 4.34 Å². The van der Waals surface area contributed by atoms with Gasteiger partial charge in [0.25, 0.3) is 5.91 Å². The number of amides is 1. The number of aromatic amines is 1. The van der Waals surface area contributed by atoms with Gasteiger partial charge in [0, 0.05) is 16.6 Å². The van der Waals surface area contributed by atoms with Crippen LogP contribution in [0, 0.1) is 0 Å². The molecule has 2 rings (SSSR count). The fraction of sp³-hybridized carbons (Fsp3) is 0.231. The van der Waals surface area contributed by atoms with Crippen LogP contribution < -0.4 is 5.32 Å². The molecular formula is C13H13ClN2O2S. The molecule has 1 atom stereocenters. The zero-order valence-electron chi connectivity index (χ0n) is 10.5. The summed E-state index contributed by atoms with van der Waals surface area (Å²) < 4.78 is 0.690. The van der Waals surface area contributed by atoms with E-state index in [0.29, 0.717) is 15.6 Å². The van der Waals surface area contributed by atoms with Gasteiger partial charge in [-0.3, -0.25) is 9.59 Å². The number of rotatable bonds is 4. The van der Waals surface area contributed by atoms with Crippen LogP contribution in [0.15, 0.2) is 24.4 Å². The van der Waals surface area contributed by atoms with E-state index in [0.717, 1.165) is 4.88 Å². The molecule has 0 spiro atoms. The van der Waals surface area contributed by atoms with Gasteiger partial charge in [-0.05, 0) is 32.0 Å². The highest BCUT2D eigenvalue weighted by atomic mass is 35.5. The number of ketones is 1. The van der Waals surface area contributed by atoms with Gasteiger partial charge < -0.3 is 10.3 Å². The van der Waals surface area contributed by atoms with Crippen LogP contribution in [0.3, 0.4) is 0 Å². The molecular weight excluding hydrogens is 284 g/mol. The maximum absolute atomic E-state index is 12.0. The van der Waals surface area contributed by atoms with Crippen molar-refractivity contribution in [3.8, 4) is 0 Å². The second kappa shape index (κ2) is 5.59. The molecule has 0 saturated carbocycles. The molecule has 0 radical (unpaired) electrons. The van der Waals surface area contributed by atoms with E-state index >= 15 is 0 Å². The summed E-state index contributed by atoms with van der Waals surface area (Å²) in [6, 6.07) is 5.10. The number of carbonyl (C=O) groups is 2. The third-order valence-corrected chi connectivity index (χ3v) is 4.12. The topological polar surface area (TPSA) is 62.0 Å². The molecule has 1 amide bonds. The fourth-order valence-corrected chi connectivity index (χ4v) is 2.70. The first kappa shape index (κ1) is 13.8. The molecule has 2 aromatic heterocycles. The number of nitrogens with one attached hydrogen (secondary N) is 2. The van der Waals surface area contributed by atoms with Gasteiger partial charge in [0.05, 0.1) is 10.4 Å². The van der Waals surface area contributed by atoms with Crippen molar-refractivity contribution in [3.63, 3.8) is 0 Å². The molecule has 2 N–H and O–H groups in total. The zero-order chi connectivity index (χ0) is 14.0. The Kier molecular flexibility index (Phi) is 4.07. The van der Waals surface area contributed by atoms with Crippen LogP contribution in [-0.2, 0) is 0 Å². The van der Waals surface area contributed by atoms with E-state index in [2.05, 4.69) is 10.3 Å². The van der Waals surface area contributed by atoms with E-state index in [-0.39, 0.29) is 17.7 Å². The minimum absolute atomic E-state index is 0.0756. The van der Waals surface area contributed by atoms with Crippen molar-refractivity contribution in [2.24, 2.45) is 0 Å². The summed E-state index contributed by atoms with van der Waals surface area (Å²) in [5.41, 5.74) is 0.872. The Bertz CT molecular complexity index is 618. The Balaban J connectivity index is 2.06. The van der Waals surface area contributed by atoms with Crippen LogP contribution in [0.4, 0.5) is 0 Å². The van der Waals surface area contributed by atoms with Gasteiger partial charge in [0.15, 0.2) is 5.78 Å². The Hall–Kier alpha value is -1.59. The Labute approximate surface area is 119 Å². The Morgan fingerprint density at radius 3 is 2.68 bits per heavy atom. The number of thiophene rings is 1. The van der Waals surface area contributed by atoms with Gasteiger partial charge >= 0.3 is 0 Å². The number of aromatic nitrogens is 1. The van der Waals surface area contributed by atoms with Crippen LogP contribution in [-0.4, -0.2) is 16.7 Å². The van der Waals surface area contributed by atoms with Gasteiger partial charge in [0.1, 0.15) is 5.69 Å². The lowest BCUT2D eigenvalue weighted by molar-refractivity contribution is 0.0936. The van der Waals surface area contributed by atoms with Crippen LogP contribution in [0.25, 0.3) is 0 Å². The molecule has 0 aromatic carbocycles. The second-order valence-electron chi connectivity index (χ2n) is 4.20. The molecule has 0 saturated heterocycles. The quantitative estimate of drug-likeness (QED) is 0.849. The van der Waals surface area contributed by atoms with Gasteiger partial charge in [-0.2, -0.15) is 0 Å². The van der Waals surface area contributed by atoms with E-state index in [9.17, 15) is 9.59 Å². The third-order valence-electron chi connectivity index (χ3n) is 2.70. The first-order valence-electron chi connectivity index (χ1n) is 5.73. The number of hydrogen-bond donors (Lipinski definition) is 2. The highest BCUT2D eigenvalue weighted by Crippen LogP contribution is 2.26. The summed E-state index contributed by atoms with van der Waals surface area (Å²) in [6.45, 7) is 3.34. The SMILES string of the molecule is CC(=O)c1c[nH]c(C(=O)N[C@H](C)c2ccc(Cl)s2)c1. The summed E-state index contributed by atoms with van der Waals surface area (Å²) in [5, 5.41) is 2.85. The van der Waals surface area contributed by atoms with Crippen LogP contribution in [0.5, 0.6) is 0 Å². The number of Topliss-reactive ketones (excluding diaryl/α,β-unsaturated/α-hetero) is 1. The molecule has 0 bridgehead atoms. The Morgan fingerprint density at radius 2 is 2.16 bits per heavy atom. The molecule has 0 aliphatic carbocycles. The van der Waals surface area contributed by atoms with E-state index in [1.807, 2.05) is 13.0 Å². The zero-order valence-corrected chi connectivity index (χ0v) is 12.1. The molecule has 0 aliphatic rings. The summed E-state index contributed by atoms with van der Waals surface area (Å²) in [4.78, 5) is 26.9. The van der Waals surface area contributed by atoms with Crippen LogP contribution >= 0.6 is 22.9 Å². The summed E-state index contributed by atoms with van der Waals surface area (Å²) in [6.07, 6.45) is 1.53. The summed E-state index contributed by atoms with van der Waals surface area (Å²) in [5.74, 6) is -0.321. The molecule has 0 fully saturated rings. The van der Waals surface area contributed by atoms with Crippen molar-refractivity contribution in [2.75, 3.05) is 0 Å². The highest BCUT2D eigenvalue weighted by molar-refractivity contribution is 7.16. The molecule has 0 aliphatic heterocycles. The minimum Gasteiger partial charge on any atom is -0.356 e. The largest absolute Gasteiger partial charge is 0.356 e. The standard InChI is InChI=1S/C13H13ClN2O2S/c1-7(11-3-4-12(14)19-11)16-13(18)10-5-9(6-15-10)8(2)17/h3-7,15H,1-2H3,(H,16,18)/t7-/m1/s1. The molecule has 100 valence electrons. The van der Waals surface area contributed by atoms with E-state index in [4.69, 9.17) is 11.6 Å². The smallest absolute Gasteiger partial charge is 0.268 e. The summed E-state index contributed by atoms with van der Waals surface area (Å²) >= 11 is 7.29. The molecule has 6 heteroatoms. The fourth-order valence-electron chi connectivity index (χ4n) is 1.64. The first-order chi connectivity index (χ1) is 8.97. The van der Waals surface area contributed by atoms with E-state index in [1.54, 1.807) is 12.1 Å². The van der Waals surface area contributed by atoms with Gasteiger partial charge in [-0.15, -0.1) is 11.3 Å². The number of hydrogen-bond acceptors (Lipinski definition) is 3. The van der Waals surface area contributed by atoms with Crippen molar-refractivity contribution in [3.05, 3.63) is 44.9 Å². The average Bonchev–Trinajstić information content (AvgIpc) is 2.96. The van der Waals surface area contributed by atoms with Crippen molar-refractivity contribution in [1.29, 1.82) is 0 Å². The van der Waals surface area contributed by atoms with E-state index in [1.165, 1.54) is 24.5 Å². The molecule has 2 aromatic rings. The van der Waals surface area contributed by atoms with Crippen molar-refractivity contribution >= 4 is 34.6 Å². The highest BCUT2D eigenvalue weighted by Gasteiger charge is 2.15. The van der Waals surface area contributed by atoms with Crippen LogP contribution in [0.1, 0.15) is 45.6 Å². The third kappa shape index (κ3) is 3.24. The normalized spacial score (nSPS) is 12.2. The average molecular weight is 297 g/mol. The molecule has 4 nitrogen and oxygen atoms in total. The van der Waals surface area contributed by atoms with Crippen molar-refractivity contribution in [1.82, 2.24) is 10.3 Å². The number of carbonyl (C=O) groups excluding carboxylic acids is 2. The maximum atomic E-state index is 12.0.